The van der Waals surface area contributed by atoms with Crippen LogP contribution in [-0.4, -0.2) is 61.2 Å². The maximum atomic E-state index is 12.5. The van der Waals surface area contributed by atoms with Crippen LogP contribution in [0.2, 0.25) is 0 Å². The molecule has 2 unspecified atom stereocenters. The highest BCUT2D eigenvalue weighted by Crippen LogP contribution is 2.21. The van der Waals surface area contributed by atoms with Crippen LogP contribution < -0.4 is 5.32 Å². The minimum absolute atomic E-state index is 0.0356. The van der Waals surface area contributed by atoms with Crippen molar-refractivity contribution in [2.24, 2.45) is 0 Å². The van der Waals surface area contributed by atoms with Crippen molar-refractivity contribution >= 4 is 15.9 Å². The van der Waals surface area contributed by atoms with E-state index in [1.54, 1.807) is 6.92 Å². The molecule has 29 heavy (non-hydrogen) atoms. The molecule has 1 aromatic heterocycles. The van der Waals surface area contributed by atoms with Crippen molar-refractivity contribution in [1.29, 1.82) is 0 Å². The third-order valence-electron chi connectivity index (χ3n) is 4.70. The van der Waals surface area contributed by atoms with E-state index in [2.05, 4.69) is 10.3 Å². The van der Waals surface area contributed by atoms with Gasteiger partial charge in [0.2, 0.25) is 21.8 Å². The first-order valence-electron chi connectivity index (χ1n) is 9.66. The normalized spacial score (nSPS) is 20.5. The number of hydrogen-bond acceptors (Lipinski definition) is 6. The minimum Gasteiger partial charge on any atom is -0.441 e. The van der Waals surface area contributed by atoms with Gasteiger partial charge in [-0.05, 0) is 32.9 Å². The van der Waals surface area contributed by atoms with Gasteiger partial charge in [-0.1, -0.05) is 18.2 Å². The molecule has 2 heterocycles. The lowest BCUT2D eigenvalue weighted by molar-refractivity contribution is -0.120. The molecule has 1 aliphatic heterocycles. The van der Waals surface area contributed by atoms with E-state index >= 15 is 0 Å². The largest absolute Gasteiger partial charge is 0.441 e. The summed E-state index contributed by atoms with van der Waals surface area (Å²) in [6, 6.07) is 9.44. The number of aryl methyl sites for hydroxylation is 1. The summed E-state index contributed by atoms with van der Waals surface area (Å²) in [6.07, 6.45) is -0.248. The zero-order valence-corrected chi connectivity index (χ0v) is 17.7. The fraction of sp³-hybridized carbons (Fsp3) is 0.500. The number of rotatable bonds is 7. The van der Waals surface area contributed by atoms with Crippen molar-refractivity contribution in [3.05, 3.63) is 41.8 Å². The highest BCUT2D eigenvalue weighted by atomic mass is 32.2. The van der Waals surface area contributed by atoms with Gasteiger partial charge in [-0.15, -0.1) is 0 Å². The van der Waals surface area contributed by atoms with Gasteiger partial charge in [-0.25, -0.2) is 13.4 Å². The predicted octanol–water partition coefficient (Wildman–Crippen LogP) is 1.75. The molecule has 0 bridgehead atoms. The summed E-state index contributed by atoms with van der Waals surface area (Å²) in [5.74, 6) is 0.595. The monoisotopic (exact) mass is 421 g/mol. The average Bonchev–Trinajstić information content (AvgIpc) is 3.02. The Labute approximate surface area is 171 Å². The third kappa shape index (κ3) is 5.65. The molecule has 0 aliphatic carbocycles. The third-order valence-corrected chi connectivity index (χ3v) is 6.51. The van der Waals surface area contributed by atoms with Gasteiger partial charge < -0.3 is 14.5 Å². The molecule has 0 spiro atoms. The fourth-order valence-corrected chi connectivity index (χ4v) is 4.81. The number of morpholine rings is 1. The van der Waals surface area contributed by atoms with Gasteiger partial charge in [-0.3, -0.25) is 4.79 Å². The van der Waals surface area contributed by atoms with Crippen LogP contribution in [0.5, 0.6) is 0 Å². The molecule has 0 radical (unpaired) electrons. The Morgan fingerprint density at radius 3 is 2.52 bits per heavy atom. The first kappa shape index (κ1) is 21.5. The van der Waals surface area contributed by atoms with Gasteiger partial charge in [0, 0.05) is 25.2 Å². The van der Waals surface area contributed by atoms with E-state index in [4.69, 9.17) is 9.15 Å². The van der Waals surface area contributed by atoms with E-state index in [9.17, 15) is 13.2 Å². The maximum absolute atomic E-state index is 12.5. The molecule has 158 valence electrons. The Morgan fingerprint density at radius 2 is 1.86 bits per heavy atom. The van der Waals surface area contributed by atoms with Gasteiger partial charge in [0.05, 0.1) is 30.1 Å². The molecule has 8 nitrogen and oxygen atoms in total. The molecule has 1 N–H and O–H groups in total. The Bertz CT molecular complexity index is 932. The van der Waals surface area contributed by atoms with E-state index in [1.165, 1.54) is 4.31 Å². The molecule has 1 saturated heterocycles. The summed E-state index contributed by atoms with van der Waals surface area (Å²) in [4.78, 5) is 16.7. The van der Waals surface area contributed by atoms with Crippen molar-refractivity contribution in [3.8, 4) is 11.5 Å². The zero-order valence-electron chi connectivity index (χ0n) is 16.9. The van der Waals surface area contributed by atoms with Crippen LogP contribution in [0.25, 0.3) is 11.5 Å². The number of hydrogen-bond donors (Lipinski definition) is 1. The van der Waals surface area contributed by atoms with Crippen molar-refractivity contribution in [2.75, 3.05) is 25.4 Å². The molecule has 1 aliphatic rings. The topological polar surface area (TPSA) is 102 Å². The van der Waals surface area contributed by atoms with Crippen molar-refractivity contribution in [2.45, 2.75) is 39.4 Å². The molecule has 9 heteroatoms. The van der Waals surface area contributed by atoms with Crippen LogP contribution in [0.1, 0.15) is 25.3 Å². The second-order valence-corrected chi connectivity index (χ2v) is 9.39. The number of carbonyl (C=O) groups is 1. The molecule has 1 amide bonds. The molecule has 2 atom stereocenters. The lowest BCUT2D eigenvalue weighted by Gasteiger charge is -2.34. The van der Waals surface area contributed by atoms with Crippen LogP contribution in [0.3, 0.4) is 0 Å². The number of ether oxygens (including phenoxy) is 1. The molecule has 3 rings (SSSR count). The highest BCUT2D eigenvalue weighted by Gasteiger charge is 2.30. The molecule has 2 aromatic rings. The Balaban J connectivity index is 1.52. The standard InChI is InChI=1S/C20H27N3O5S/c1-14-12-23(13-15(2)27-14)29(25,26)10-9-21-19(24)11-18-16(3)28-20(22-18)17-7-5-4-6-8-17/h4-8,14-15H,9-13H2,1-3H3,(H,21,24). The van der Waals surface area contributed by atoms with E-state index in [0.717, 1.165) is 5.56 Å². The van der Waals surface area contributed by atoms with Gasteiger partial charge in [-0.2, -0.15) is 4.31 Å². The van der Waals surface area contributed by atoms with Crippen LogP contribution in [0.4, 0.5) is 0 Å². The fourth-order valence-electron chi connectivity index (χ4n) is 3.32. The summed E-state index contributed by atoms with van der Waals surface area (Å²) in [7, 11) is -3.45. The molecular weight excluding hydrogens is 394 g/mol. The van der Waals surface area contributed by atoms with Crippen LogP contribution in [0.15, 0.2) is 34.7 Å². The Kier molecular flexibility index (Phi) is 6.71. The number of benzene rings is 1. The van der Waals surface area contributed by atoms with Crippen LogP contribution >= 0.6 is 0 Å². The molecule has 1 aromatic carbocycles. The van der Waals surface area contributed by atoms with Crippen molar-refractivity contribution in [3.63, 3.8) is 0 Å². The van der Waals surface area contributed by atoms with E-state index < -0.39 is 10.0 Å². The smallest absolute Gasteiger partial charge is 0.226 e. The zero-order chi connectivity index (χ0) is 21.0. The second-order valence-electron chi connectivity index (χ2n) is 7.30. The molecule has 0 saturated carbocycles. The lowest BCUT2D eigenvalue weighted by atomic mass is 10.2. The number of amides is 1. The quantitative estimate of drug-likeness (QED) is 0.731. The van der Waals surface area contributed by atoms with E-state index in [-0.39, 0.29) is 36.8 Å². The summed E-state index contributed by atoms with van der Waals surface area (Å²) in [5.41, 5.74) is 1.38. The van der Waals surface area contributed by atoms with Crippen LogP contribution in [-0.2, 0) is 26.0 Å². The maximum Gasteiger partial charge on any atom is 0.226 e. The lowest BCUT2D eigenvalue weighted by Crippen LogP contribution is -2.49. The van der Waals surface area contributed by atoms with Gasteiger partial charge in [0.25, 0.3) is 0 Å². The average molecular weight is 422 g/mol. The number of oxazole rings is 1. The Morgan fingerprint density at radius 1 is 1.21 bits per heavy atom. The van der Waals surface area contributed by atoms with Crippen LogP contribution in [0, 0.1) is 6.92 Å². The number of nitrogens with one attached hydrogen (secondary N) is 1. The Hall–Kier alpha value is -2.23. The molecule has 1 fully saturated rings. The van der Waals surface area contributed by atoms with Gasteiger partial charge in [0.1, 0.15) is 5.76 Å². The SMILES string of the molecule is Cc1oc(-c2ccccc2)nc1CC(=O)NCCS(=O)(=O)N1CC(C)OC(C)C1. The van der Waals surface area contributed by atoms with Crippen molar-refractivity contribution < 1.29 is 22.4 Å². The number of carbonyl (C=O) groups excluding carboxylic acids is 1. The summed E-state index contributed by atoms with van der Waals surface area (Å²) in [5, 5.41) is 2.67. The second kappa shape index (κ2) is 9.06. The first-order valence-corrected chi connectivity index (χ1v) is 11.3. The highest BCUT2D eigenvalue weighted by molar-refractivity contribution is 7.89. The van der Waals surface area contributed by atoms with E-state index in [1.807, 2.05) is 44.2 Å². The minimum atomic E-state index is -3.45. The number of aromatic nitrogens is 1. The summed E-state index contributed by atoms with van der Waals surface area (Å²) >= 11 is 0. The number of sulfonamides is 1. The predicted molar refractivity (Wildman–Crippen MR) is 109 cm³/mol. The first-order chi connectivity index (χ1) is 13.7. The molecular formula is C20H27N3O5S. The summed E-state index contributed by atoms with van der Waals surface area (Å²) in [6.45, 7) is 6.17. The van der Waals surface area contributed by atoms with Gasteiger partial charge >= 0.3 is 0 Å². The number of nitrogens with zero attached hydrogens (tertiary/aromatic N) is 2. The van der Waals surface area contributed by atoms with Gasteiger partial charge in [0.15, 0.2) is 0 Å². The van der Waals surface area contributed by atoms with E-state index in [0.29, 0.717) is 30.4 Å². The van der Waals surface area contributed by atoms with Crippen molar-refractivity contribution in [1.82, 2.24) is 14.6 Å². The summed E-state index contributed by atoms with van der Waals surface area (Å²) < 4.78 is 37.7.